The van der Waals surface area contributed by atoms with Crippen molar-refractivity contribution in [2.24, 2.45) is 17.8 Å². The minimum absolute atomic E-state index is 0.163. The number of nitrogens with one attached hydrogen (secondary N) is 1. The van der Waals surface area contributed by atoms with Crippen LogP contribution in [0.3, 0.4) is 0 Å². The van der Waals surface area contributed by atoms with Gasteiger partial charge in [-0.25, -0.2) is 18.4 Å². The zero-order valence-corrected chi connectivity index (χ0v) is 19.1. The van der Waals surface area contributed by atoms with Crippen LogP contribution in [0.15, 0.2) is 28.6 Å². The maximum absolute atomic E-state index is 12.9. The molecule has 31 heavy (non-hydrogen) atoms. The molecule has 4 bridgehead atoms. The maximum Gasteiger partial charge on any atom is 0.265 e. The van der Waals surface area contributed by atoms with Gasteiger partial charge in [-0.15, -0.1) is 11.3 Å². The third kappa shape index (κ3) is 3.64. The van der Waals surface area contributed by atoms with Gasteiger partial charge in [-0.1, -0.05) is 0 Å². The molecule has 1 saturated heterocycles. The van der Waals surface area contributed by atoms with Gasteiger partial charge in [0.05, 0.1) is 18.9 Å². The van der Waals surface area contributed by atoms with Crippen molar-refractivity contribution in [3.63, 3.8) is 0 Å². The smallest absolute Gasteiger partial charge is 0.265 e. The summed E-state index contributed by atoms with van der Waals surface area (Å²) in [6, 6.07) is 3.39. The molecule has 0 radical (unpaired) electrons. The summed E-state index contributed by atoms with van der Waals surface area (Å²) >= 11 is 1.40. The molecule has 0 amide bonds. The Bertz CT molecular complexity index is 1030. The first kappa shape index (κ1) is 19.9. The summed E-state index contributed by atoms with van der Waals surface area (Å²) in [5, 5.41) is 2.55. The summed E-state index contributed by atoms with van der Waals surface area (Å²) in [6.07, 6.45) is 9.26. The number of morpholine rings is 1. The van der Waals surface area contributed by atoms with Crippen LogP contribution < -0.4 is 9.62 Å². The van der Waals surface area contributed by atoms with E-state index in [9.17, 15) is 8.42 Å². The molecule has 0 unspecified atom stereocenters. The van der Waals surface area contributed by atoms with Crippen molar-refractivity contribution in [1.29, 1.82) is 0 Å². The Morgan fingerprint density at radius 3 is 2.35 bits per heavy atom. The highest BCUT2D eigenvalue weighted by Gasteiger charge is 2.52. The molecule has 2 aromatic rings. The zero-order chi connectivity index (χ0) is 21.1. The Morgan fingerprint density at radius 1 is 1.06 bits per heavy atom. The second kappa shape index (κ2) is 7.42. The molecule has 7 nitrogen and oxygen atoms in total. The molecule has 4 aliphatic carbocycles. The Balaban J connectivity index is 1.19. The molecule has 0 spiro atoms. The summed E-state index contributed by atoms with van der Waals surface area (Å²) in [5.74, 6) is 3.29. The van der Waals surface area contributed by atoms with Gasteiger partial charge in [0.25, 0.3) is 10.0 Å². The van der Waals surface area contributed by atoms with Crippen LogP contribution in [0.5, 0.6) is 0 Å². The molecule has 5 aliphatic rings. The lowest BCUT2D eigenvalue weighted by Gasteiger charge is -2.56. The topological polar surface area (TPSA) is 84.4 Å². The number of pyridine rings is 1. The lowest BCUT2D eigenvalue weighted by molar-refractivity contribution is -0.00688. The van der Waals surface area contributed by atoms with Crippen LogP contribution >= 0.6 is 11.3 Å². The minimum Gasteiger partial charge on any atom is -0.378 e. The van der Waals surface area contributed by atoms with Crippen LogP contribution in [-0.2, 0) is 20.2 Å². The summed E-state index contributed by atoms with van der Waals surface area (Å²) < 4.78 is 33.9. The Hall–Kier alpha value is -1.71. The summed E-state index contributed by atoms with van der Waals surface area (Å²) in [4.78, 5) is 11.4. The van der Waals surface area contributed by atoms with Gasteiger partial charge in [0.2, 0.25) is 0 Å². The van der Waals surface area contributed by atoms with E-state index in [0.717, 1.165) is 42.4 Å². The minimum atomic E-state index is -3.71. The number of ether oxygens (including phenoxy) is 1. The lowest BCUT2D eigenvalue weighted by atomic mass is 9.49. The molecule has 4 saturated carbocycles. The van der Waals surface area contributed by atoms with Crippen LogP contribution in [0.4, 0.5) is 10.9 Å². The molecule has 1 aliphatic heterocycles. The first-order valence-corrected chi connectivity index (χ1v) is 13.6. The van der Waals surface area contributed by atoms with E-state index in [1.54, 1.807) is 12.1 Å². The highest BCUT2D eigenvalue weighted by Crippen LogP contribution is 2.60. The van der Waals surface area contributed by atoms with Crippen LogP contribution in [0.2, 0.25) is 0 Å². The fourth-order valence-corrected chi connectivity index (χ4v) is 8.70. The van der Waals surface area contributed by atoms with E-state index >= 15 is 0 Å². The van der Waals surface area contributed by atoms with Gasteiger partial charge in [0, 0.05) is 30.1 Å². The number of thiazole rings is 1. The molecule has 2 aromatic heterocycles. The maximum atomic E-state index is 12.9. The fourth-order valence-electron chi connectivity index (χ4n) is 6.67. The number of hydrogen-bond acceptors (Lipinski definition) is 7. The van der Waals surface area contributed by atoms with Gasteiger partial charge < -0.3 is 9.64 Å². The number of hydrogen-bond donors (Lipinski definition) is 1. The Morgan fingerprint density at radius 2 is 1.74 bits per heavy atom. The second-order valence-electron chi connectivity index (χ2n) is 9.79. The third-order valence-electron chi connectivity index (χ3n) is 7.67. The van der Waals surface area contributed by atoms with E-state index in [-0.39, 0.29) is 10.3 Å². The van der Waals surface area contributed by atoms with E-state index in [1.807, 2.05) is 0 Å². The largest absolute Gasteiger partial charge is 0.378 e. The summed E-state index contributed by atoms with van der Waals surface area (Å²) in [5.41, 5.74) is 1.28. The van der Waals surface area contributed by atoms with Crippen molar-refractivity contribution in [3.8, 4) is 0 Å². The quantitative estimate of drug-likeness (QED) is 0.733. The van der Waals surface area contributed by atoms with Crippen LogP contribution in [0.25, 0.3) is 0 Å². The molecule has 9 heteroatoms. The van der Waals surface area contributed by atoms with Crippen LogP contribution in [0, 0.1) is 17.8 Å². The van der Waals surface area contributed by atoms with E-state index in [4.69, 9.17) is 9.72 Å². The number of sulfonamides is 1. The molecule has 7 rings (SSSR count). The molecule has 3 heterocycles. The number of anilines is 2. The van der Waals surface area contributed by atoms with E-state index in [1.165, 1.54) is 56.1 Å². The molecule has 0 aromatic carbocycles. The standard InChI is InChI=1S/C22H28N4O3S2/c27-31(28,18-1-2-20(23-13-18)26-3-5-29-6-4-26)25-21-24-19(14-30-21)22-10-15-7-16(11-22)9-17(8-15)12-22/h1-2,13-17H,3-12H2,(H,24,25). The van der Waals surface area contributed by atoms with Gasteiger partial charge in [0.1, 0.15) is 10.7 Å². The lowest BCUT2D eigenvalue weighted by Crippen LogP contribution is -2.48. The van der Waals surface area contributed by atoms with Crippen molar-refractivity contribution in [2.75, 3.05) is 35.9 Å². The molecule has 166 valence electrons. The zero-order valence-electron chi connectivity index (χ0n) is 17.5. The Labute approximate surface area is 187 Å². The third-order valence-corrected chi connectivity index (χ3v) is 9.88. The highest BCUT2D eigenvalue weighted by molar-refractivity contribution is 7.93. The van der Waals surface area contributed by atoms with Gasteiger partial charge in [-0.05, 0) is 68.4 Å². The van der Waals surface area contributed by atoms with Crippen LogP contribution in [-0.4, -0.2) is 44.7 Å². The van der Waals surface area contributed by atoms with Gasteiger partial charge >= 0.3 is 0 Å². The van der Waals surface area contributed by atoms with Crippen molar-refractivity contribution in [2.45, 2.75) is 48.8 Å². The van der Waals surface area contributed by atoms with E-state index in [0.29, 0.717) is 18.3 Å². The average molecular weight is 461 g/mol. The predicted octanol–water partition coefficient (Wildman–Crippen LogP) is 3.64. The molecule has 1 N–H and O–H groups in total. The van der Waals surface area contributed by atoms with Gasteiger partial charge in [-0.2, -0.15) is 0 Å². The van der Waals surface area contributed by atoms with Crippen molar-refractivity contribution in [3.05, 3.63) is 29.4 Å². The van der Waals surface area contributed by atoms with Crippen LogP contribution in [0.1, 0.15) is 44.2 Å². The SMILES string of the molecule is O=S(=O)(Nc1nc(C23CC4CC(CC(C4)C2)C3)cs1)c1ccc(N2CCOCC2)nc1. The monoisotopic (exact) mass is 460 g/mol. The second-order valence-corrected chi connectivity index (χ2v) is 12.3. The van der Waals surface area contributed by atoms with Gasteiger partial charge in [-0.3, -0.25) is 4.72 Å². The highest BCUT2D eigenvalue weighted by atomic mass is 32.2. The fraction of sp³-hybridized carbons (Fsp3) is 0.636. The number of aromatic nitrogens is 2. The van der Waals surface area contributed by atoms with Crippen molar-refractivity contribution >= 4 is 32.3 Å². The molecule has 5 fully saturated rings. The molecular formula is C22H28N4O3S2. The Kier molecular flexibility index (Phi) is 4.77. The normalized spacial score (nSPS) is 32.4. The first-order valence-electron chi connectivity index (χ1n) is 11.3. The van der Waals surface area contributed by atoms with Gasteiger partial charge in [0.15, 0.2) is 5.13 Å². The summed E-state index contributed by atoms with van der Waals surface area (Å²) in [6.45, 7) is 2.87. The summed E-state index contributed by atoms with van der Waals surface area (Å²) in [7, 11) is -3.71. The van der Waals surface area contributed by atoms with Crippen molar-refractivity contribution in [1.82, 2.24) is 9.97 Å². The number of nitrogens with zero attached hydrogens (tertiary/aromatic N) is 3. The van der Waals surface area contributed by atoms with Crippen molar-refractivity contribution < 1.29 is 13.2 Å². The average Bonchev–Trinajstić information content (AvgIpc) is 3.22. The molecule has 0 atom stereocenters. The molecular weight excluding hydrogens is 432 g/mol. The first-order chi connectivity index (χ1) is 15.0. The van der Waals surface area contributed by atoms with E-state index < -0.39 is 10.0 Å². The predicted molar refractivity (Wildman–Crippen MR) is 120 cm³/mol. The number of rotatable bonds is 5. The van der Waals surface area contributed by atoms with E-state index in [2.05, 4.69) is 20.0 Å².